The minimum absolute atomic E-state index is 0.160. The van der Waals surface area contributed by atoms with E-state index in [0.29, 0.717) is 23.5 Å². The lowest BCUT2D eigenvalue weighted by Crippen LogP contribution is -2.55. The molecule has 1 aromatic heterocycles. The first-order valence-corrected chi connectivity index (χ1v) is 11.2. The van der Waals surface area contributed by atoms with E-state index >= 15 is 0 Å². The van der Waals surface area contributed by atoms with Crippen LogP contribution >= 0.6 is 0 Å². The Labute approximate surface area is 169 Å². The van der Waals surface area contributed by atoms with E-state index in [-0.39, 0.29) is 10.8 Å². The van der Waals surface area contributed by atoms with Crippen LogP contribution in [0.2, 0.25) is 0 Å². The summed E-state index contributed by atoms with van der Waals surface area (Å²) < 4.78 is 5.42. The van der Waals surface area contributed by atoms with Gasteiger partial charge >= 0.3 is 0 Å². The van der Waals surface area contributed by atoms with Crippen molar-refractivity contribution in [3.63, 3.8) is 0 Å². The summed E-state index contributed by atoms with van der Waals surface area (Å²) in [5.74, 6) is 3.61. The molecule has 5 rings (SSSR count). The molecule has 3 nitrogen and oxygen atoms in total. The molecule has 6 atom stereocenters. The maximum Gasteiger partial charge on any atom is 0.137 e. The van der Waals surface area contributed by atoms with Crippen molar-refractivity contribution < 1.29 is 9.53 Å². The van der Waals surface area contributed by atoms with Crippen LogP contribution in [0.4, 0.5) is 0 Å². The highest BCUT2D eigenvalue weighted by Crippen LogP contribution is 2.66. The maximum atomic E-state index is 13.2. The number of Topliss-reactive ketones (excluding diaryl/α,β-unsaturated/α-hetero) is 1. The van der Waals surface area contributed by atoms with E-state index in [1.807, 2.05) is 6.20 Å². The van der Waals surface area contributed by atoms with E-state index in [2.05, 4.69) is 31.0 Å². The second-order valence-corrected chi connectivity index (χ2v) is 10.3. The lowest BCUT2D eigenvalue weighted by Gasteiger charge is -2.59. The van der Waals surface area contributed by atoms with Crippen molar-refractivity contribution >= 4 is 11.4 Å². The SMILES string of the molecule is COc1cncc(C2=CC[C@H]3[C@@H]4CC(=O)C5CCCC[C@]5(C)[C@H]4CC[C@]23C)c1. The van der Waals surface area contributed by atoms with Gasteiger partial charge in [-0.05, 0) is 77.9 Å². The van der Waals surface area contributed by atoms with Gasteiger partial charge in [-0.25, -0.2) is 0 Å². The van der Waals surface area contributed by atoms with Crippen LogP contribution in [-0.2, 0) is 4.79 Å². The molecule has 0 radical (unpaired) electrons. The van der Waals surface area contributed by atoms with Crippen molar-refractivity contribution in [3.05, 3.63) is 30.1 Å². The van der Waals surface area contributed by atoms with Crippen LogP contribution in [0, 0.1) is 34.5 Å². The summed E-state index contributed by atoms with van der Waals surface area (Å²) in [6, 6.07) is 2.13. The monoisotopic (exact) mass is 379 g/mol. The molecule has 0 amide bonds. The molecule has 0 aromatic carbocycles. The molecule has 1 aromatic rings. The van der Waals surface area contributed by atoms with Crippen molar-refractivity contribution in [1.29, 1.82) is 0 Å². The van der Waals surface area contributed by atoms with Gasteiger partial charge in [0.05, 0.1) is 13.3 Å². The predicted octanol–water partition coefficient (Wildman–Crippen LogP) is 5.70. The average Bonchev–Trinajstić information content (AvgIpc) is 3.05. The van der Waals surface area contributed by atoms with Crippen molar-refractivity contribution in [1.82, 2.24) is 4.98 Å². The topological polar surface area (TPSA) is 39.2 Å². The first-order valence-electron chi connectivity index (χ1n) is 11.2. The highest BCUT2D eigenvalue weighted by atomic mass is 16.5. The first-order chi connectivity index (χ1) is 13.5. The average molecular weight is 380 g/mol. The summed E-state index contributed by atoms with van der Waals surface area (Å²) >= 11 is 0. The number of ketones is 1. The minimum Gasteiger partial charge on any atom is -0.495 e. The largest absolute Gasteiger partial charge is 0.495 e. The number of hydrogen-bond donors (Lipinski definition) is 0. The van der Waals surface area contributed by atoms with Gasteiger partial charge in [0, 0.05) is 18.5 Å². The smallest absolute Gasteiger partial charge is 0.137 e. The molecule has 3 fully saturated rings. The second kappa shape index (κ2) is 6.43. The van der Waals surface area contributed by atoms with Gasteiger partial charge < -0.3 is 4.74 Å². The summed E-state index contributed by atoms with van der Waals surface area (Å²) in [5, 5.41) is 0. The van der Waals surface area contributed by atoms with Crippen LogP contribution in [0.1, 0.15) is 70.8 Å². The molecular weight excluding hydrogens is 346 g/mol. The number of carbonyl (C=O) groups is 1. The van der Waals surface area contributed by atoms with Crippen LogP contribution in [0.25, 0.3) is 5.57 Å². The summed E-state index contributed by atoms with van der Waals surface area (Å²) in [4.78, 5) is 17.6. The standard InChI is InChI=1S/C25H33NO2/c1-24-10-5-4-6-22(24)23(27)13-18-20-8-7-19(25(20,2)11-9-21(18)24)16-12-17(28-3)15-26-14-16/h7,12,14-15,18,20-22H,4-6,8-11,13H2,1-3H3/t18-,20-,21-,22?,24+,25+/m0/s1. The van der Waals surface area contributed by atoms with Crippen LogP contribution in [0.5, 0.6) is 5.75 Å². The predicted molar refractivity (Wildman–Crippen MR) is 111 cm³/mol. The molecule has 3 heteroatoms. The van der Waals surface area contributed by atoms with Crippen LogP contribution in [-0.4, -0.2) is 17.9 Å². The Morgan fingerprint density at radius 3 is 2.79 bits per heavy atom. The normalized spacial score (nSPS) is 42.2. The van der Waals surface area contributed by atoms with Gasteiger partial charge in [0.1, 0.15) is 11.5 Å². The Morgan fingerprint density at radius 2 is 1.96 bits per heavy atom. The van der Waals surface area contributed by atoms with E-state index in [1.165, 1.54) is 43.2 Å². The number of methoxy groups -OCH3 is 1. The molecule has 4 aliphatic rings. The van der Waals surface area contributed by atoms with Crippen LogP contribution in [0.15, 0.2) is 24.5 Å². The van der Waals surface area contributed by atoms with Crippen LogP contribution in [0.3, 0.4) is 0 Å². The summed E-state index contributed by atoms with van der Waals surface area (Å²) in [5.41, 5.74) is 3.05. The number of allylic oxidation sites excluding steroid dienone is 2. The molecule has 0 saturated heterocycles. The van der Waals surface area contributed by atoms with Crippen molar-refractivity contribution in [2.24, 2.45) is 34.5 Å². The molecule has 0 bridgehead atoms. The lowest BCUT2D eigenvalue weighted by molar-refractivity contribution is -0.150. The fourth-order valence-corrected chi connectivity index (χ4v) is 7.79. The molecule has 0 spiro atoms. The third kappa shape index (κ3) is 2.47. The number of rotatable bonds is 2. The summed E-state index contributed by atoms with van der Waals surface area (Å²) in [7, 11) is 1.70. The summed E-state index contributed by atoms with van der Waals surface area (Å²) in [6.45, 7) is 4.91. The van der Waals surface area contributed by atoms with E-state index in [4.69, 9.17) is 4.74 Å². The van der Waals surface area contributed by atoms with Gasteiger partial charge in [-0.2, -0.15) is 0 Å². The molecule has 0 aliphatic heterocycles. The molecule has 150 valence electrons. The number of hydrogen-bond acceptors (Lipinski definition) is 3. The minimum atomic E-state index is 0.160. The van der Waals surface area contributed by atoms with Gasteiger partial charge in [-0.1, -0.05) is 32.8 Å². The Balaban J connectivity index is 1.48. The third-order valence-electron chi connectivity index (χ3n) is 9.20. The zero-order chi connectivity index (χ0) is 19.5. The van der Waals surface area contributed by atoms with Gasteiger partial charge in [0.25, 0.3) is 0 Å². The maximum absolute atomic E-state index is 13.2. The van der Waals surface area contributed by atoms with Crippen molar-refractivity contribution in [2.75, 3.05) is 7.11 Å². The van der Waals surface area contributed by atoms with Crippen molar-refractivity contribution in [2.45, 2.75) is 65.2 Å². The highest BCUT2D eigenvalue weighted by Gasteiger charge is 2.60. The lowest BCUT2D eigenvalue weighted by atomic mass is 9.44. The van der Waals surface area contributed by atoms with Crippen LogP contribution < -0.4 is 4.74 Å². The second-order valence-electron chi connectivity index (χ2n) is 10.3. The Morgan fingerprint density at radius 1 is 1.11 bits per heavy atom. The van der Waals surface area contributed by atoms with Gasteiger partial charge in [-0.15, -0.1) is 0 Å². The van der Waals surface area contributed by atoms with E-state index in [1.54, 1.807) is 13.3 Å². The molecule has 4 aliphatic carbocycles. The number of aromatic nitrogens is 1. The quantitative estimate of drug-likeness (QED) is 0.662. The third-order valence-corrected chi connectivity index (χ3v) is 9.20. The number of ether oxygens (including phenoxy) is 1. The van der Waals surface area contributed by atoms with Gasteiger partial charge in [-0.3, -0.25) is 9.78 Å². The zero-order valence-electron chi connectivity index (χ0n) is 17.5. The number of nitrogens with zero attached hydrogens (tertiary/aromatic N) is 1. The molecular formula is C25H33NO2. The van der Waals surface area contributed by atoms with E-state index < -0.39 is 0 Å². The van der Waals surface area contributed by atoms with E-state index in [9.17, 15) is 4.79 Å². The fourth-order valence-electron chi connectivity index (χ4n) is 7.79. The Bertz CT molecular complexity index is 830. The summed E-state index contributed by atoms with van der Waals surface area (Å²) in [6.07, 6.45) is 15.6. The fraction of sp³-hybridized carbons (Fsp3) is 0.680. The van der Waals surface area contributed by atoms with Crippen molar-refractivity contribution in [3.8, 4) is 5.75 Å². The first kappa shape index (κ1) is 18.4. The molecule has 0 N–H and O–H groups in total. The number of pyridine rings is 1. The number of fused-ring (bicyclic) bond motifs is 5. The van der Waals surface area contributed by atoms with Gasteiger partial charge in [0.15, 0.2) is 0 Å². The highest BCUT2D eigenvalue weighted by molar-refractivity contribution is 5.84. The Kier molecular flexibility index (Phi) is 4.23. The molecule has 3 saturated carbocycles. The van der Waals surface area contributed by atoms with E-state index in [0.717, 1.165) is 30.9 Å². The zero-order valence-corrected chi connectivity index (χ0v) is 17.5. The Hall–Kier alpha value is -1.64. The molecule has 1 heterocycles. The molecule has 1 unspecified atom stereocenters. The van der Waals surface area contributed by atoms with Gasteiger partial charge in [0.2, 0.25) is 0 Å². The number of carbonyl (C=O) groups excluding carboxylic acids is 1. The molecule has 28 heavy (non-hydrogen) atoms.